The highest BCUT2D eigenvalue weighted by molar-refractivity contribution is 5.80. The minimum atomic E-state index is 0.561. The number of likely N-dealkylation sites (tertiary alicyclic amines) is 2. The van der Waals surface area contributed by atoms with E-state index in [4.69, 9.17) is 9.47 Å². The molecule has 2 heterocycles. The molecular formula is C22H36N4O2. The topological polar surface area (TPSA) is 49.3 Å². The Morgan fingerprint density at radius 3 is 2.79 bits per heavy atom. The summed E-state index contributed by atoms with van der Waals surface area (Å²) < 4.78 is 11.2. The van der Waals surface area contributed by atoms with Gasteiger partial charge in [-0.05, 0) is 44.3 Å². The van der Waals surface area contributed by atoms with Crippen LogP contribution in [0.2, 0.25) is 0 Å². The highest BCUT2D eigenvalue weighted by atomic mass is 16.5. The lowest BCUT2D eigenvalue weighted by Gasteiger charge is -2.29. The molecule has 2 saturated heterocycles. The lowest BCUT2D eigenvalue weighted by atomic mass is 10.1. The van der Waals surface area contributed by atoms with E-state index in [1.165, 1.54) is 45.3 Å². The Bertz CT molecular complexity index is 616. The van der Waals surface area contributed by atoms with Crippen LogP contribution >= 0.6 is 0 Å². The van der Waals surface area contributed by atoms with Crippen LogP contribution in [-0.4, -0.2) is 75.8 Å². The average molecular weight is 389 g/mol. The lowest BCUT2D eigenvalue weighted by Crippen LogP contribution is -2.42. The van der Waals surface area contributed by atoms with E-state index in [1.807, 2.05) is 31.3 Å². The molecule has 2 fully saturated rings. The molecule has 6 heteroatoms. The average Bonchev–Trinajstić information content (AvgIpc) is 3.20. The normalized spacial score (nSPS) is 21.1. The van der Waals surface area contributed by atoms with Crippen molar-refractivity contribution in [2.75, 3.05) is 60.0 Å². The van der Waals surface area contributed by atoms with Gasteiger partial charge in [-0.3, -0.25) is 4.99 Å². The Kier molecular flexibility index (Phi) is 8.42. The molecule has 0 spiro atoms. The number of benzene rings is 1. The zero-order chi connectivity index (χ0) is 19.6. The molecule has 0 aliphatic carbocycles. The van der Waals surface area contributed by atoms with Crippen molar-refractivity contribution in [1.29, 1.82) is 0 Å². The van der Waals surface area contributed by atoms with Crippen molar-refractivity contribution < 1.29 is 9.47 Å². The van der Waals surface area contributed by atoms with E-state index in [9.17, 15) is 0 Å². The van der Waals surface area contributed by atoms with Crippen LogP contribution < -0.4 is 10.1 Å². The van der Waals surface area contributed by atoms with Crippen LogP contribution in [0.4, 0.5) is 0 Å². The van der Waals surface area contributed by atoms with Crippen LogP contribution in [0.25, 0.3) is 0 Å². The third kappa shape index (κ3) is 6.11. The van der Waals surface area contributed by atoms with Gasteiger partial charge in [0.05, 0.1) is 20.3 Å². The second-order valence-corrected chi connectivity index (χ2v) is 7.80. The van der Waals surface area contributed by atoms with E-state index in [1.54, 1.807) is 7.11 Å². The molecular weight excluding hydrogens is 352 g/mol. The zero-order valence-electron chi connectivity index (χ0n) is 17.5. The van der Waals surface area contributed by atoms with E-state index in [-0.39, 0.29) is 0 Å². The van der Waals surface area contributed by atoms with Crippen LogP contribution in [0.15, 0.2) is 29.3 Å². The van der Waals surface area contributed by atoms with E-state index in [0.717, 1.165) is 42.8 Å². The van der Waals surface area contributed by atoms with Crippen molar-refractivity contribution in [1.82, 2.24) is 15.1 Å². The standard InChI is InChI=1S/C22H36N4O2/c1-23-22(24-11-15-28-18-20-8-4-5-9-21(20)27-2)26-14-10-19(17-26)16-25-12-6-3-7-13-25/h4-5,8-9,19H,3,6-7,10-18H2,1-2H3,(H,23,24). The van der Waals surface area contributed by atoms with Gasteiger partial charge in [0.15, 0.2) is 5.96 Å². The van der Waals surface area contributed by atoms with Gasteiger partial charge in [0.2, 0.25) is 0 Å². The smallest absolute Gasteiger partial charge is 0.193 e. The molecule has 0 saturated carbocycles. The molecule has 3 rings (SSSR count). The van der Waals surface area contributed by atoms with Crippen LogP contribution in [0.5, 0.6) is 5.75 Å². The minimum Gasteiger partial charge on any atom is -0.496 e. The molecule has 156 valence electrons. The summed E-state index contributed by atoms with van der Waals surface area (Å²) in [5, 5.41) is 3.46. The number of aliphatic imine (C=N–C) groups is 1. The van der Waals surface area contributed by atoms with Gasteiger partial charge in [0, 0.05) is 38.8 Å². The van der Waals surface area contributed by atoms with Gasteiger partial charge in [-0.2, -0.15) is 0 Å². The number of ether oxygens (including phenoxy) is 2. The summed E-state index contributed by atoms with van der Waals surface area (Å²) in [6.07, 6.45) is 5.41. The maximum atomic E-state index is 5.82. The fourth-order valence-corrected chi connectivity index (χ4v) is 4.25. The van der Waals surface area contributed by atoms with Gasteiger partial charge < -0.3 is 24.6 Å². The van der Waals surface area contributed by atoms with Crippen molar-refractivity contribution >= 4 is 5.96 Å². The number of nitrogens with zero attached hydrogens (tertiary/aromatic N) is 3. The van der Waals surface area contributed by atoms with Gasteiger partial charge in [0.1, 0.15) is 5.75 Å². The number of hydrogen-bond acceptors (Lipinski definition) is 4. The maximum absolute atomic E-state index is 5.82. The number of rotatable bonds is 8. The minimum absolute atomic E-state index is 0.561. The highest BCUT2D eigenvalue weighted by Gasteiger charge is 2.26. The summed E-state index contributed by atoms with van der Waals surface area (Å²) >= 11 is 0. The molecule has 28 heavy (non-hydrogen) atoms. The number of para-hydroxylation sites is 1. The molecule has 1 aromatic rings. The highest BCUT2D eigenvalue weighted by Crippen LogP contribution is 2.20. The largest absolute Gasteiger partial charge is 0.496 e. The van der Waals surface area contributed by atoms with E-state index >= 15 is 0 Å². The quantitative estimate of drug-likeness (QED) is 0.421. The number of nitrogens with one attached hydrogen (secondary N) is 1. The molecule has 0 aromatic heterocycles. The Morgan fingerprint density at radius 1 is 1.18 bits per heavy atom. The summed E-state index contributed by atoms with van der Waals surface area (Å²) in [6, 6.07) is 7.99. The first-order valence-electron chi connectivity index (χ1n) is 10.7. The molecule has 2 aliphatic rings. The number of piperidine rings is 1. The van der Waals surface area contributed by atoms with Crippen molar-refractivity contribution in [3.63, 3.8) is 0 Å². The first kappa shape index (κ1) is 20.9. The van der Waals surface area contributed by atoms with Crippen LogP contribution in [0.3, 0.4) is 0 Å². The second-order valence-electron chi connectivity index (χ2n) is 7.80. The predicted octanol–water partition coefficient (Wildman–Crippen LogP) is 2.60. The molecule has 0 bridgehead atoms. The molecule has 0 radical (unpaired) electrons. The Hall–Kier alpha value is -1.79. The third-order valence-corrected chi connectivity index (χ3v) is 5.74. The summed E-state index contributed by atoms with van der Waals surface area (Å²) in [7, 11) is 3.56. The van der Waals surface area contributed by atoms with Crippen LogP contribution in [-0.2, 0) is 11.3 Å². The van der Waals surface area contributed by atoms with Crippen molar-refractivity contribution in [3.05, 3.63) is 29.8 Å². The van der Waals surface area contributed by atoms with Crippen LogP contribution in [0.1, 0.15) is 31.2 Å². The number of guanidine groups is 1. The fourth-order valence-electron chi connectivity index (χ4n) is 4.25. The third-order valence-electron chi connectivity index (χ3n) is 5.74. The van der Waals surface area contributed by atoms with Gasteiger partial charge >= 0.3 is 0 Å². The van der Waals surface area contributed by atoms with Crippen molar-refractivity contribution in [2.24, 2.45) is 10.9 Å². The Morgan fingerprint density at radius 2 is 2.00 bits per heavy atom. The molecule has 1 unspecified atom stereocenters. The first-order valence-corrected chi connectivity index (χ1v) is 10.7. The lowest BCUT2D eigenvalue weighted by molar-refractivity contribution is 0.123. The summed E-state index contributed by atoms with van der Waals surface area (Å²) in [5.74, 6) is 2.64. The van der Waals surface area contributed by atoms with Crippen molar-refractivity contribution in [3.8, 4) is 5.75 Å². The Balaban J connectivity index is 1.34. The van der Waals surface area contributed by atoms with Gasteiger partial charge in [-0.1, -0.05) is 24.6 Å². The summed E-state index contributed by atoms with van der Waals surface area (Å²) in [4.78, 5) is 9.53. The monoisotopic (exact) mass is 388 g/mol. The first-order chi connectivity index (χ1) is 13.8. The molecule has 1 N–H and O–H groups in total. The molecule has 0 amide bonds. The zero-order valence-corrected chi connectivity index (χ0v) is 17.5. The molecule has 6 nitrogen and oxygen atoms in total. The summed E-state index contributed by atoms with van der Waals surface area (Å²) in [6.45, 7) is 7.98. The Labute approximate surface area is 169 Å². The van der Waals surface area contributed by atoms with E-state index < -0.39 is 0 Å². The summed E-state index contributed by atoms with van der Waals surface area (Å²) in [5.41, 5.74) is 1.08. The molecule has 1 atom stereocenters. The number of methoxy groups -OCH3 is 1. The molecule has 1 aromatic carbocycles. The maximum Gasteiger partial charge on any atom is 0.193 e. The predicted molar refractivity (Wildman–Crippen MR) is 114 cm³/mol. The molecule has 2 aliphatic heterocycles. The van der Waals surface area contributed by atoms with Gasteiger partial charge in [0.25, 0.3) is 0 Å². The van der Waals surface area contributed by atoms with E-state index in [0.29, 0.717) is 13.2 Å². The fraction of sp³-hybridized carbons (Fsp3) is 0.682. The van der Waals surface area contributed by atoms with Crippen LogP contribution in [0, 0.1) is 5.92 Å². The van der Waals surface area contributed by atoms with Crippen molar-refractivity contribution in [2.45, 2.75) is 32.3 Å². The van der Waals surface area contributed by atoms with Gasteiger partial charge in [-0.15, -0.1) is 0 Å². The van der Waals surface area contributed by atoms with Gasteiger partial charge in [-0.25, -0.2) is 0 Å². The SMILES string of the molecule is CN=C(NCCOCc1ccccc1OC)N1CCC(CN2CCCCC2)C1. The number of hydrogen-bond donors (Lipinski definition) is 1. The van der Waals surface area contributed by atoms with E-state index in [2.05, 4.69) is 20.1 Å². The second kappa shape index (κ2) is 11.3.